The molecule has 0 aliphatic heterocycles. The van der Waals surface area contributed by atoms with Crippen molar-refractivity contribution in [2.75, 3.05) is 19.4 Å². The van der Waals surface area contributed by atoms with E-state index in [0.717, 1.165) is 22.4 Å². The topological polar surface area (TPSA) is 58.6 Å². The second-order valence-corrected chi connectivity index (χ2v) is 9.45. The Morgan fingerprint density at radius 3 is 2.31 bits per heavy atom. The van der Waals surface area contributed by atoms with Crippen LogP contribution in [0.3, 0.4) is 0 Å². The molecule has 0 radical (unpaired) electrons. The largest absolute Gasteiger partial charge is 0.497 e. The van der Waals surface area contributed by atoms with Crippen molar-refractivity contribution in [1.29, 1.82) is 0 Å². The molecular weight excluding hydrogens is 480 g/mol. The summed E-state index contributed by atoms with van der Waals surface area (Å²) in [7, 11) is 1.64. The predicted octanol–water partition coefficient (Wildman–Crippen LogP) is 5.36. The molecule has 0 aromatic heterocycles. The van der Waals surface area contributed by atoms with Crippen LogP contribution in [0.1, 0.15) is 23.6 Å². The van der Waals surface area contributed by atoms with Gasteiger partial charge < -0.3 is 15.0 Å². The minimum atomic E-state index is -0.650. The molecule has 2 amide bonds. The van der Waals surface area contributed by atoms with Gasteiger partial charge >= 0.3 is 0 Å². The van der Waals surface area contributed by atoms with E-state index >= 15 is 0 Å². The van der Waals surface area contributed by atoms with Crippen LogP contribution in [-0.4, -0.2) is 42.2 Å². The average Bonchev–Trinajstić information content (AvgIpc) is 2.88. The summed E-state index contributed by atoms with van der Waals surface area (Å²) >= 11 is 7.96. The van der Waals surface area contributed by atoms with Crippen molar-refractivity contribution in [1.82, 2.24) is 10.2 Å². The number of nitrogens with zero attached hydrogens (tertiary/aromatic N) is 1. The van der Waals surface area contributed by atoms with E-state index < -0.39 is 6.04 Å². The summed E-state index contributed by atoms with van der Waals surface area (Å²) in [5.74, 6) is 1.46. The summed E-state index contributed by atoms with van der Waals surface area (Å²) in [6.45, 7) is 2.63. The molecule has 1 N–H and O–H groups in total. The smallest absolute Gasteiger partial charge is 0.243 e. The first-order chi connectivity index (χ1) is 17.0. The third kappa shape index (κ3) is 8.05. The van der Waals surface area contributed by atoms with Crippen LogP contribution < -0.4 is 10.1 Å². The van der Waals surface area contributed by atoms with Crippen molar-refractivity contribution in [2.24, 2.45) is 0 Å². The first kappa shape index (κ1) is 26.6. The second-order valence-electron chi connectivity index (χ2n) is 8.05. The summed E-state index contributed by atoms with van der Waals surface area (Å²) in [6.07, 6.45) is 0.423. The van der Waals surface area contributed by atoms with E-state index in [4.69, 9.17) is 16.3 Å². The number of nitrogens with one attached hydrogen (secondary N) is 1. The van der Waals surface area contributed by atoms with Crippen LogP contribution in [-0.2, 0) is 28.3 Å². The summed E-state index contributed by atoms with van der Waals surface area (Å²) in [5.41, 5.74) is 2.91. The highest BCUT2D eigenvalue weighted by atomic mass is 35.5. The average molecular weight is 511 g/mol. The molecule has 0 saturated heterocycles. The van der Waals surface area contributed by atoms with Gasteiger partial charge in [-0.1, -0.05) is 72.3 Å². The molecule has 184 valence electrons. The van der Waals surface area contributed by atoms with Crippen molar-refractivity contribution in [2.45, 2.75) is 31.7 Å². The van der Waals surface area contributed by atoms with Gasteiger partial charge in [0.15, 0.2) is 0 Å². The lowest BCUT2D eigenvalue weighted by molar-refractivity contribution is -0.139. The number of amides is 2. The molecule has 3 aromatic rings. The molecule has 0 saturated carbocycles. The van der Waals surface area contributed by atoms with Crippen LogP contribution in [0, 0.1) is 0 Å². The van der Waals surface area contributed by atoms with Crippen molar-refractivity contribution >= 4 is 35.2 Å². The number of carbonyl (C=O) groups is 2. The monoisotopic (exact) mass is 510 g/mol. The zero-order valence-corrected chi connectivity index (χ0v) is 21.6. The lowest BCUT2D eigenvalue weighted by Crippen LogP contribution is -2.51. The number of methoxy groups -OCH3 is 1. The van der Waals surface area contributed by atoms with Gasteiger partial charge in [0.2, 0.25) is 11.8 Å². The maximum atomic E-state index is 13.6. The summed E-state index contributed by atoms with van der Waals surface area (Å²) in [5, 5.41) is 3.48. The van der Waals surface area contributed by atoms with Gasteiger partial charge in [0.05, 0.1) is 12.9 Å². The van der Waals surface area contributed by atoms with Crippen molar-refractivity contribution in [3.8, 4) is 5.75 Å². The third-order valence-corrected chi connectivity index (χ3v) is 6.93. The van der Waals surface area contributed by atoms with Gasteiger partial charge in [-0.2, -0.15) is 0 Å². The molecule has 0 bridgehead atoms. The number of carbonyl (C=O) groups excluding carboxylic acids is 2. The number of rotatable bonds is 12. The van der Waals surface area contributed by atoms with Crippen LogP contribution in [0.25, 0.3) is 0 Å². The Balaban J connectivity index is 1.81. The highest BCUT2D eigenvalue weighted by Gasteiger charge is 2.30. The molecule has 3 rings (SSSR count). The highest BCUT2D eigenvalue weighted by molar-refractivity contribution is 7.99. The van der Waals surface area contributed by atoms with Gasteiger partial charge in [-0.15, -0.1) is 11.8 Å². The Hall–Kier alpha value is -2.96. The summed E-state index contributed by atoms with van der Waals surface area (Å²) in [4.78, 5) is 28.4. The zero-order valence-electron chi connectivity index (χ0n) is 20.1. The van der Waals surface area contributed by atoms with E-state index in [-0.39, 0.29) is 24.1 Å². The van der Waals surface area contributed by atoms with Crippen LogP contribution >= 0.6 is 23.4 Å². The first-order valence-corrected chi connectivity index (χ1v) is 13.1. The van der Waals surface area contributed by atoms with E-state index in [2.05, 4.69) is 5.32 Å². The predicted molar refractivity (Wildman–Crippen MR) is 144 cm³/mol. The van der Waals surface area contributed by atoms with Crippen LogP contribution in [0.4, 0.5) is 0 Å². The van der Waals surface area contributed by atoms with Gasteiger partial charge in [-0.25, -0.2) is 0 Å². The Kier molecular flexibility index (Phi) is 10.5. The Labute approximate surface area is 216 Å². The zero-order chi connectivity index (χ0) is 25.0. The molecule has 5 nitrogen and oxygen atoms in total. The number of thioether (sulfide) groups is 1. The lowest BCUT2D eigenvalue weighted by Gasteiger charge is -2.31. The van der Waals surface area contributed by atoms with Crippen LogP contribution in [0.5, 0.6) is 5.75 Å². The third-order valence-electron chi connectivity index (χ3n) is 5.57. The number of ether oxygens (including phenoxy) is 1. The Morgan fingerprint density at radius 1 is 0.971 bits per heavy atom. The number of hydrogen-bond donors (Lipinski definition) is 1. The molecule has 0 aliphatic rings. The van der Waals surface area contributed by atoms with Crippen LogP contribution in [0.2, 0.25) is 5.02 Å². The van der Waals surface area contributed by atoms with E-state index in [1.165, 1.54) is 11.8 Å². The van der Waals surface area contributed by atoms with E-state index in [1.54, 1.807) is 18.1 Å². The van der Waals surface area contributed by atoms with E-state index in [0.29, 0.717) is 23.7 Å². The van der Waals surface area contributed by atoms with Crippen molar-refractivity contribution in [3.63, 3.8) is 0 Å². The van der Waals surface area contributed by atoms with Crippen LogP contribution in [0.15, 0.2) is 78.9 Å². The highest BCUT2D eigenvalue weighted by Crippen LogP contribution is 2.22. The molecule has 0 aliphatic carbocycles. The van der Waals surface area contributed by atoms with E-state index in [9.17, 15) is 9.59 Å². The van der Waals surface area contributed by atoms with Gasteiger partial charge in [0, 0.05) is 30.3 Å². The van der Waals surface area contributed by atoms with Gasteiger partial charge in [0.25, 0.3) is 0 Å². The molecule has 35 heavy (non-hydrogen) atoms. The fraction of sp³-hybridized carbons (Fsp3) is 0.286. The molecule has 0 spiro atoms. The molecule has 7 heteroatoms. The standard InChI is InChI=1S/C28H31ClN2O3S/c1-3-30-28(33)26(17-21-9-5-4-6-10-21)31(18-23-11-7-8-12-25(23)29)27(32)20-35-19-22-13-15-24(34-2)16-14-22/h4-16,26H,3,17-20H2,1-2H3,(H,30,33). The van der Waals surface area contributed by atoms with Gasteiger partial charge in [-0.3, -0.25) is 9.59 Å². The summed E-state index contributed by atoms with van der Waals surface area (Å²) < 4.78 is 5.21. The minimum absolute atomic E-state index is 0.101. The summed E-state index contributed by atoms with van der Waals surface area (Å²) in [6, 6.07) is 24.4. The molecule has 1 atom stereocenters. The molecular formula is C28H31ClN2O3S. The van der Waals surface area contributed by atoms with Gasteiger partial charge in [-0.05, 0) is 41.8 Å². The van der Waals surface area contributed by atoms with Gasteiger partial charge in [0.1, 0.15) is 11.8 Å². The van der Waals surface area contributed by atoms with Crippen molar-refractivity contribution < 1.29 is 14.3 Å². The lowest BCUT2D eigenvalue weighted by atomic mass is 10.0. The van der Waals surface area contributed by atoms with E-state index in [1.807, 2.05) is 79.7 Å². The SMILES string of the molecule is CCNC(=O)C(Cc1ccccc1)N(Cc1ccccc1Cl)C(=O)CSCc1ccc(OC)cc1. The number of likely N-dealkylation sites (N-methyl/N-ethyl adjacent to an activating group) is 1. The fourth-order valence-electron chi connectivity index (χ4n) is 3.72. The molecule has 3 aromatic carbocycles. The molecule has 0 fully saturated rings. The second kappa shape index (κ2) is 13.8. The van der Waals surface area contributed by atoms with Crippen molar-refractivity contribution in [3.05, 3.63) is 101 Å². The molecule has 0 heterocycles. The Bertz CT molecular complexity index is 1090. The normalized spacial score (nSPS) is 11.5. The maximum Gasteiger partial charge on any atom is 0.243 e. The minimum Gasteiger partial charge on any atom is -0.497 e. The molecule has 1 unspecified atom stereocenters. The fourth-order valence-corrected chi connectivity index (χ4v) is 4.78. The number of benzene rings is 3. The maximum absolute atomic E-state index is 13.6. The quantitative estimate of drug-likeness (QED) is 0.356. The Morgan fingerprint density at radius 2 is 1.66 bits per heavy atom. The first-order valence-electron chi connectivity index (χ1n) is 11.6. The number of halogens is 1. The number of hydrogen-bond acceptors (Lipinski definition) is 4.